The predicted octanol–water partition coefficient (Wildman–Crippen LogP) is 4.05. The van der Waals surface area contributed by atoms with E-state index >= 15 is 0 Å². The van der Waals surface area contributed by atoms with Crippen LogP contribution < -0.4 is 9.61 Å². The van der Waals surface area contributed by atoms with Gasteiger partial charge in [-0.05, 0) is 36.4 Å². The van der Waals surface area contributed by atoms with Crippen LogP contribution in [0, 0.1) is 0 Å². The molecule has 6 heteroatoms. The van der Waals surface area contributed by atoms with Crippen LogP contribution in [0.2, 0.25) is 5.02 Å². The summed E-state index contributed by atoms with van der Waals surface area (Å²) in [6.45, 7) is 1.50. The van der Waals surface area contributed by atoms with E-state index in [-0.39, 0.29) is 0 Å². The summed E-state index contributed by atoms with van der Waals surface area (Å²) in [4.78, 5) is 4.04. The first-order chi connectivity index (χ1) is 8.55. The number of hydrogen-bond acceptors (Lipinski definition) is 3. The summed E-state index contributed by atoms with van der Waals surface area (Å²) in [7, 11) is -3.01. The van der Waals surface area contributed by atoms with Crippen molar-refractivity contribution in [2.24, 2.45) is 0 Å². The molecule has 1 atom stereocenters. The van der Waals surface area contributed by atoms with Crippen LogP contribution >= 0.6 is 19.1 Å². The third kappa shape index (κ3) is 3.76. The van der Waals surface area contributed by atoms with Crippen LogP contribution in [0.1, 0.15) is 0 Å². The second-order valence-corrected chi connectivity index (χ2v) is 6.25. The van der Waals surface area contributed by atoms with Crippen LogP contribution in [-0.2, 0) is 4.57 Å². The van der Waals surface area contributed by atoms with Gasteiger partial charge in [-0.15, -0.1) is 0 Å². The molecule has 0 aliphatic rings. The lowest BCUT2D eigenvalue weighted by Gasteiger charge is -2.16. The molecule has 4 nitrogen and oxygen atoms in total. The summed E-state index contributed by atoms with van der Waals surface area (Å²) >= 11 is 5.76. The molecule has 0 amide bonds. The molecule has 0 aliphatic heterocycles. The molecule has 94 valence electrons. The Morgan fingerprint density at radius 1 is 1.22 bits per heavy atom. The van der Waals surface area contributed by atoms with E-state index in [9.17, 15) is 4.57 Å². The van der Waals surface area contributed by atoms with Crippen molar-refractivity contribution in [1.29, 1.82) is 0 Å². The fraction of sp³-hybridized carbons (Fsp3) is 0.0833. The highest BCUT2D eigenvalue weighted by molar-refractivity contribution is 7.60. The third-order valence-corrected chi connectivity index (χ3v) is 3.52. The summed E-state index contributed by atoms with van der Waals surface area (Å²) in [5.74, 6) is 1.01. The van der Waals surface area contributed by atoms with E-state index in [0.29, 0.717) is 16.6 Å². The van der Waals surface area contributed by atoms with Crippen LogP contribution in [-0.4, -0.2) is 11.6 Å². The van der Waals surface area contributed by atoms with Crippen molar-refractivity contribution in [3.05, 3.63) is 53.7 Å². The van der Waals surface area contributed by atoms with Crippen molar-refractivity contribution in [3.8, 4) is 5.75 Å². The minimum atomic E-state index is -3.01. The van der Waals surface area contributed by atoms with Crippen molar-refractivity contribution >= 4 is 24.9 Å². The van der Waals surface area contributed by atoms with Crippen LogP contribution in [0.15, 0.2) is 48.7 Å². The van der Waals surface area contributed by atoms with Gasteiger partial charge in [0, 0.05) is 17.9 Å². The molecule has 1 aromatic carbocycles. The number of halogens is 1. The maximum atomic E-state index is 12.2. The highest BCUT2D eigenvalue weighted by Gasteiger charge is 2.17. The molecule has 2 aromatic rings. The average Bonchev–Trinajstić information content (AvgIpc) is 2.32. The van der Waals surface area contributed by atoms with Crippen LogP contribution in [0.3, 0.4) is 0 Å². The maximum Gasteiger partial charge on any atom is 0.339 e. The normalized spacial score (nSPS) is 13.7. The van der Waals surface area contributed by atoms with Crippen LogP contribution in [0.25, 0.3) is 0 Å². The molecule has 1 aromatic heterocycles. The number of nitrogens with one attached hydrogen (secondary N) is 1. The van der Waals surface area contributed by atoms with Gasteiger partial charge in [0.2, 0.25) is 0 Å². The van der Waals surface area contributed by atoms with Gasteiger partial charge in [-0.3, -0.25) is 9.65 Å². The zero-order chi connectivity index (χ0) is 13.0. The van der Waals surface area contributed by atoms with Crippen molar-refractivity contribution in [2.75, 3.05) is 11.8 Å². The molecule has 0 radical (unpaired) electrons. The zero-order valence-corrected chi connectivity index (χ0v) is 11.4. The molecule has 0 saturated carbocycles. The highest BCUT2D eigenvalue weighted by Crippen LogP contribution is 2.42. The lowest BCUT2D eigenvalue weighted by molar-refractivity contribution is 0.493. The topological polar surface area (TPSA) is 51.2 Å². The first kappa shape index (κ1) is 12.9. The van der Waals surface area contributed by atoms with Gasteiger partial charge in [0.15, 0.2) is 0 Å². The zero-order valence-electron chi connectivity index (χ0n) is 9.71. The minimum absolute atomic E-state index is 0.494. The molecular formula is C12H12ClN2O2P. The number of benzene rings is 1. The lowest BCUT2D eigenvalue weighted by atomic mass is 10.3. The van der Waals surface area contributed by atoms with E-state index in [2.05, 4.69) is 10.1 Å². The van der Waals surface area contributed by atoms with E-state index in [4.69, 9.17) is 16.1 Å². The molecule has 0 saturated heterocycles. The predicted molar refractivity (Wildman–Crippen MR) is 73.5 cm³/mol. The van der Waals surface area contributed by atoms with Gasteiger partial charge in [0.05, 0.1) is 0 Å². The molecule has 0 fully saturated rings. The third-order valence-electron chi connectivity index (χ3n) is 2.08. The summed E-state index contributed by atoms with van der Waals surface area (Å²) in [6.07, 6.45) is 1.62. The first-order valence-electron chi connectivity index (χ1n) is 5.27. The van der Waals surface area contributed by atoms with E-state index < -0.39 is 7.52 Å². The quantitative estimate of drug-likeness (QED) is 0.860. The van der Waals surface area contributed by atoms with Crippen molar-refractivity contribution in [2.45, 2.75) is 0 Å². The number of pyridine rings is 1. The average molecular weight is 283 g/mol. The standard InChI is InChI=1S/C12H12ClN2O2P/c1-18(16,15-12-4-2-3-9-14-12)17-11-7-5-10(13)6-8-11/h2-9H,1H3,(H,14,15,16)/t18-/m1/s1. The van der Waals surface area contributed by atoms with E-state index in [1.54, 1.807) is 48.7 Å². The number of anilines is 1. The summed E-state index contributed by atoms with van der Waals surface area (Å²) in [5.41, 5.74) is 0. The Morgan fingerprint density at radius 2 is 1.94 bits per heavy atom. The monoisotopic (exact) mass is 282 g/mol. The molecular weight excluding hydrogens is 271 g/mol. The van der Waals surface area contributed by atoms with Crippen molar-refractivity contribution in [1.82, 2.24) is 4.98 Å². The molecule has 1 heterocycles. The Kier molecular flexibility index (Phi) is 3.90. The second kappa shape index (κ2) is 5.42. The molecule has 1 N–H and O–H groups in total. The Balaban J connectivity index is 2.08. The molecule has 18 heavy (non-hydrogen) atoms. The van der Waals surface area contributed by atoms with Gasteiger partial charge in [-0.25, -0.2) is 4.98 Å². The van der Waals surface area contributed by atoms with Gasteiger partial charge >= 0.3 is 7.52 Å². The van der Waals surface area contributed by atoms with E-state index in [1.165, 1.54) is 6.66 Å². The minimum Gasteiger partial charge on any atom is -0.429 e. The SMILES string of the molecule is C[P@](=O)(Nc1ccccn1)Oc1ccc(Cl)cc1. The smallest absolute Gasteiger partial charge is 0.339 e. The van der Waals surface area contributed by atoms with Crippen LogP contribution in [0.4, 0.5) is 5.82 Å². The van der Waals surface area contributed by atoms with Gasteiger partial charge in [0.1, 0.15) is 11.6 Å². The molecule has 0 bridgehead atoms. The first-order valence-corrected chi connectivity index (χ1v) is 7.72. The summed E-state index contributed by atoms with van der Waals surface area (Å²) < 4.78 is 17.6. The highest BCUT2D eigenvalue weighted by atomic mass is 35.5. The number of hydrogen-bond donors (Lipinski definition) is 1. The fourth-order valence-corrected chi connectivity index (χ4v) is 2.60. The van der Waals surface area contributed by atoms with Crippen molar-refractivity contribution < 1.29 is 9.09 Å². The lowest BCUT2D eigenvalue weighted by Crippen LogP contribution is -2.03. The fourth-order valence-electron chi connectivity index (χ4n) is 1.36. The largest absolute Gasteiger partial charge is 0.429 e. The number of aromatic nitrogens is 1. The Hall–Kier alpha value is -1.51. The summed E-state index contributed by atoms with van der Waals surface area (Å²) in [6, 6.07) is 12.0. The second-order valence-electron chi connectivity index (χ2n) is 3.72. The molecule has 0 aliphatic carbocycles. The van der Waals surface area contributed by atoms with Gasteiger partial charge < -0.3 is 4.52 Å². The Labute approximate surface area is 110 Å². The van der Waals surface area contributed by atoms with Crippen molar-refractivity contribution in [3.63, 3.8) is 0 Å². The van der Waals surface area contributed by atoms with E-state index in [1.807, 2.05) is 0 Å². The molecule has 0 unspecified atom stereocenters. The maximum absolute atomic E-state index is 12.2. The van der Waals surface area contributed by atoms with Gasteiger partial charge in [-0.2, -0.15) is 0 Å². The van der Waals surface area contributed by atoms with Gasteiger partial charge in [0.25, 0.3) is 0 Å². The van der Waals surface area contributed by atoms with Crippen LogP contribution in [0.5, 0.6) is 5.75 Å². The van der Waals surface area contributed by atoms with E-state index in [0.717, 1.165) is 0 Å². The summed E-state index contributed by atoms with van der Waals surface area (Å²) in [5, 5.41) is 3.37. The molecule has 0 spiro atoms. The molecule has 2 rings (SSSR count). The number of nitrogens with zero attached hydrogens (tertiary/aromatic N) is 1. The Bertz CT molecular complexity index is 560. The van der Waals surface area contributed by atoms with Gasteiger partial charge in [-0.1, -0.05) is 17.7 Å². The number of rotatable bonds is 4. The Morgan fingerprint density at radius 3 is 2.56 bits per heavy atom.